The zero-order valence-corrected chi connectivity index (χ0v) is 14.0. The molecule has 1 atom stereocenters. The first-order valence-electron chi connectivity index (χ1n) is 8.10. The predicted octanol–water partition coefficient (Wildman–Crippen LogP) is 0.410. The molecule has 0 spiro atoms. The maximum absolute atomic E-state index is 11.7. The van der Waals surface area contributed by atoms with Gasteiger partial charge >= 0.3 is 0 Å². The van der Waals surface area contributed by atoms with Gasteiger partial charge in [-0.2, -0.15) is 0 Å². The van der Waals surface area contributed by atoms with E-state index in [9.17, 15) is 4.79 Å². The number of carbonyl (C=O) groups is 1. The number of likely N-dealkylation sites (N-methyl/N-ethyl adjacent to an activating group) is 1. The second-order valence-electron chi connectivity index (χ2n) is 5.90. The largest absolute Gasteiger partial charge is 0.492 e. The van der Waals surface area contributed by atoms with Crippen molar-refractivity contribution in [3.63, 3.8) is 0 Å². The van der Waals surface area contributed by atoms with E-state index in [4.69, 9.17) is 9.47 Å². The van der Waals surface area contributed by atoms with E-state index in [0.717, 1.165) is 31.0 Å². The summed E-state index contributed by atoms with van der Waals surface area (Å²) in [4.78, 5) is 14.0. The highest BCUT2D eigenvalue weighted by Crippen LogP contribution is 2.11. The third-order valence-electron chi connectivity index (χ3n) is 3.68. The van der Waals surface area contributed by atoms with Gasteiger partial charge in [-0.15, -0.1) is 0 Å². The van der Waals surface area contributed by atoms with Gasteiger partial charge in [0.15, 0.2) is 0 Å². The molecule has 1 aromatic carbocycles. The Morgan fingerprint density at radius 1 is 1.48 bits per heavy atom. The normalized spacial score (nSPS) is 18.6. The fourth-order valence-corrected chi connectivity index (χ4v) is 2.46. The van der Waals surface area contributed by atoms with Crippen molar-refractivity contribution in [1.29, 1.82) is 0 Å². The first kappa shape index (κ1) is 17.7. The molecular formula is C17H27N3O3. The molecule has 1 aromatic rings. The number of hydrogen-bond donors (Lipinski definition) is 2. The summed E-state index contributed by atoms with van der Waals surface area (Å²) in [6, 6.07) is 7.87. The summed E-state index contributed by atoms with van der Waals surface area (Å²) in [5.41, 5.74) is 1.16. The van der Waals surface area contributed by atoms with Crippen LogP contribution in [0.3, 0.4) is 0 Å². The summed E-state index contributed by atoms with van der Waals surface area (Å²) >= 11 is 0. The molecule has 0 unspecified atom stereocenters. The first-order valence-corrected chi connectivity index (χ1v) is 8.10. The summed E-state index contributed by atoms with van der Waals surface area (Å²) in [6.07, 6.45) is 0.159. The van der Waals surface area contributed by atoms with Crippen molar-refractivity contribution in [3.8, 4) is 5.75 Å². The summed E-state index contributed by atoms with van der Waals surface area (Å²) in [5.74, 6) is 0.804. The monoisotopic (exact) mass is 321 g/mol. The molecule has 23 heavy (non-hydrogen) atoms. The SMILES string of the molecule is Cc1cccc(OCCNC(=O)CNC[C@H]2CN(C)CCO2)c1. The van der Waals surface area contributed by atoms with Gasteiger partial charge in [0.25, 0.3) is 0 Å². The fourth-order valence-electron chi connectivity index (χ4n) is 2.46. The molecule has 2 rings (SSSR count). The molecule has 6 heteroatoms. The second kappa shape index (κ2) is 9.50. The zero-order valence-electron chi connectivity index (χ0n) is 14.0. The number of nitrogens with one attached hydrogen (secondary N) is 2. The minimum Gasteiger partial charge on any atom is -0.492 e. The Balaban J connectivity index is 1.51. The molecule has 0 saturated carbocycles. The lowest BCUT2D eigenvalue weighted by Crippen LogP contribution is -2.46. The van der Waals surface area contributed by atoms with Crippen LogP contribution in [0.25, 0.3) is 0 Å². The van der Waals surface area contributed by atoms with Crippen LogP contribution in [0, 0.1) is 6.92 Å². The summed E-state index contributed by atoms with van der Waals surface area (Å²) in [6.45, 7) is 6.60. The molecule has 1 aliphatic rings. The molecule has 0 radical (unpaired) electrons. The predicted molar refractivity (Wildman–Crippen MR) is 89.8 cm³/mol. The number of morpholine rings is 1. The number of hydrogen-bond acceptors (Lipinski definition) is 5. The Morgan fingerprint density at radius 2 is 2.35 bits per heavy atom. The van der Waals surface area contributed by atoms with Crippen LogP contribution in [0.1, 0.15) is 5.56 Å². The lowest BCUT2D eigenvalue weighted by Gasteiger charge is -2.30. The third-order valence-corrected chi connectivity index (χ3v) is 3.68. The van der Waals surface area contributed by atoms with Crippen LogP contribution in [0.2, 0.25) is 0 Å². The number of ether oxygens (including phenoxy) is 2. The molecule has 6 nitrogen and oxygen atoms in total. The van der Waals surface area contributed by atoms with E-state index in [1.54, 1.807) is 0 Å². The van der Waals surface area contributed by atoms with E-state index in [-0.39, 0.29) is 12.0 Å². The first-order chi connectivity index (χ1) is 11.1. The van der Waals surface area contributed by atoms with Gasteiger partial charge in [0.1, 0.15) is 12.4 Å². The number of carbonyl (C=O) groups excluding carboxylic acids is 1. The average Bonchev–Trinajstić information content (AvgIpc) is 2.52. The van der Waals surface area contributed by atoms with Crippen LogP contribution in [0.15, 0.2) is 24.3 Å². The molecule has 1 amide bonds. The lowest BCUT2D eigenvalue weighted by atomic mass is 10.2. The number of nitrogens with zero attached hydrogens (tertiary/aromatic N) is 1. The van der Waals surface area contributed by atoms with Gasteiger partial charge in [-0.1, -0.05) is 12.1 Å². The minimum absolute atomic E-state index is 0.0259. The Hall–Kier alpha value is -1.63. The Kier molecular flexibility index (Phi) is 7.32. The topological polar surface area (TPSA) is 62.8 Å². The van der Waals surface area contributed by atoms with Gasteiger partial charge in [0.05, 0.1) is 25.8 Å². The van der Waals surface area contributed by atoms with Crippen LogP contribution in [-0.2, 0) is 9.53 Å². The molecule has 0 bridgehead atoms. The van der Waals surface area contributed by atoms with E-state index >= 15 is 0 Å². The van der Waals surface area contributed by atoms with E-state index < -0.39 is 0 Å². The van der Waals surface area contributed by atoms with E-state index in [0.29, 0.717) is 26.2 Å². The van der Waals surface area contributed by atoms with Crippen molar-refractivity contribution in [3.05, 3.63) is 29.8 Å². The van der Waals surface area contributed by atoms with E-state index in [2.05, 4.69) is 22.6 Å². The van der Waals surface area contributed by atoms with E-state index in [1.165, 1.54) is 0 Å². The number of amides is 1. The average molecular weight is 321 g/mol. The highest BCUT2D eigenvalue weighted by atomic mass is 16.5. The number of benzene rings is 1. The number of aryl methyl sites for hydroxylation is 1. The van der Waals surface area contributed by atoms with Crippen molar-refractivity contribution in [1.82, 2.24) is 15.5 Å². The molecule has 0 aromatic heterocycles. The van der Waals surface area contributed by atoms with Crippen LogP contribution < -0.4 is 15.4 Å². The van der Waals surface area contributed by atoms with Crippen molar-refractivity contribution < 1.29 is 14.3 Å². The summed E-state index contributed by atoms with van der Waals surface area (Å²) < 4.78 is 11.2. The van der Waals surface area contributed by atoms with Gasteiger partial charge in [0, 0.05) is 19.6 Å². The molecule has 1 aliphatic heterocycles. The summed E-state index contributed by atoms with van der Waals surface area (Å²) in [7, 11) is 2.08. The molecule has 0 aliphatic carbocycles. The van der Waals surface area contributed by atoms with Crippen molar-refractivity contribution in [2.45, 2.75) is 13.0 Å². The van der Waals surface area contributed by atoms with Crippen LogP contribution >= 0.6 is 0 Å². The standard InChI is InChI=1S/C17H27N3O3/c1-14-4-3-5-15(10-14)22-8-6-19-17(21)12-18-11-16-13-20(2)7-9-23-16/h3-5,10,16,18H,6-9,11-13H2,1-2H3,(H,19,21)/t16-/m0/s1. The van der Waals surface area contributed by atoms with Gasteiger partial charge < -0.3 is 25.0 Å². The van der Waals surface area contributed by atoms with E-state index in [1.807, 2.05) is 31.2 Å². The summed E-state index contributed by atoms with van der Waals surface area (Å²) in [5, 5.41) is 5.97. The van der Waals surface area contributed by atoms with Crippen molar-refractivity contribution >= 4 is 5.91 Å². The third kappa shape index (κ3) is 6.99. The molecule has 128 valence electrons. The maximum atomic E-state index is 11.7. The number of rotatable bonds is 8. The Morgan fingerprint density at radius 3 is 3.13 bits per heavy atom. The van der Waals surface area contributed by atoms with Gasteiger partial charge in [-0.05, 0) is 31.7 Å². The Bertz CT molecular complexity index is 496. The zero-order chi connectivity index (χ0) is 16.5. The molecular weight excluding hydrogens is 294 g/mol. The maximum Gasteiger partial charge on any atom is 0.234 e. The lowest BCUT2D eigenvalue weighted by molar-refractivity contribution is -0.120. The highest BCUT2D eigenvalue weighted by Gasteiger charge is 2.17. The highest BCUT2D eigenvalue weighted by molar-refractivity contribution is 5.77. The van der Waals surface area contributed by atoms with Gasteiger partial charge in [-0.3, -0.25) is 4.79 Å². The molecule has 1 saturated heterocycles. The van der Waals surface area contributed by atoms with Crippen LogP contribution in [0.4, 0.5) is 0 Å². The van der Waals surface area contributed by atoms with Gasteiger partial charge in [0.2, 0.25) is 5.91 Å². The second-order valence-corrected chi connectivity index (χ2v) is 5.90. The quantitative estimate of drug-likeness (QED) is 0.679. The Labute approximate surface area is 138 Å². The van der Waals surface area contributed by atoms with Crippen molar-refractivity contribution in [2.24, 2.45) is 0 Å². The molecule has 2 N–H and O–H groups in total. The van der Waals surface area contributed by atoms with Gasteiger partial charge in [-0.25, -0.2) is 0 Å². The fraction of sp³-hybridized carbons (Fsp3) is 0.588. The van der Waals surface area contributed by atoms with Crippen molar-refractivity contribution in [2.75, 3.05) is 53.0 Å². The smallest absolute Gasteiger partial charge is 0.234 e. The molecule has 1 heterocycles. The van der Waals surface area contributed by atoms with Crippen LogP contribution in [-0.4, -0.2) is 69.9 Å². The molecule has 1 fully saturated rings. The van der Waals surface area contributed by atoms with Crippen LogP contribution in [0.5, 0.6) is 5.75 Å². The minimum atomic E-state index is -0.0259.